The molecule has 1 fully saturated rings. The van der Waals surface area contributed by atoms with Crippen molar-refractivity contribution in [1.29, 1.82) is 0 Å². The van der Waals surface area contributed by atoms with E-state index in [0.717, 1.165) is 43.1 Å². The minimum atomic E-state index is 0.368. The van der Waals surface area contributed by atoms with Gasteiger partial charge < -0.3 is 9.84 Å². The highest BCUT2D eigenvalue weighted by atomic mass is 35.5. The Morgan fingerprint density at radius 2 is 2.15 bits per heavy atom. The molecule has 3 rings (SSSR count). The van der Waals surface area contributed by atoms with Crippen LogP contribution in [0.4, 0.5) is 0 Å². The number of aromatic nitrogens is 3. The van der Waals surface area contributed by atoms with Crippen LogP contribution in [0.3, 0.4) is 0 Å². The van der Waals surface area contributed by atoms with Gasteiger partial charge in [-0.3, -0.25) is 9.58 Å². The fourth-order valence-electron chi connectivity index (χ4n) is 3.63. The third-order valence-corrected chi connectivity index (χ3v) is 5.67. The second kappa shape index (κ2) is 8.76. The minimum absolute atomic E-state index is 0.368. The number of likely N-dealkylation sites (tertiary alicyclic amines) is 1. The topological polar surface area (TPSA) is 59.1 Å². The SMILES string of the molecule is Cn1nc(-c2ccon2)c(CN2CCCCC(NCCC(C)(C)C)C2)c1Cl. The number of nitrogens with zero attached hydrogens (tertiary/aromatic N) is 4. The first-order chi connectivity index (χ1) is 12.8. The summed E-state index contributed by atoms with van der Waals surface area (Å²) in [6.45, 7) is 10.9. The second-order valence-corrected chi connectivity index (χ2v) is 9.18. The molecule has 1 N–H and O–H groups in total. The predicted molar refractivity (Wildman–Crippen MR) is 109 cm³/mol. The van der Waals surface area contributed by atoms with Crippen molar-refractivity contribution in [2.45, 2.75) is 59.0 Å². The number of nitrogens with one attached hydrogen (secondary N) is 1. The van der Waals surface area contributed by atoms with Crippen LogP contribution in [0.5, 0.6) is 0 Å². The van der Waals surface area contributed by atoms with Crippen molar-refractivity contribution in [1.82, 2.24) is 25.2 Å². The van der Waals surface area contributed by atoms with Crippen molar-refractivity contribution < 1.29 is 4.52 Å². The highest BCUT2D eigenvalue weighted by Crippen LogP contribution is 2.29. The van der Waals surface area contributed by atoms with Gasteiger partial charge in [0.2, 0.25) is 0 Å². The molecule has 7 heteroatoms. The zero-order valence-corrected chi connectivity index (χ0v) is 17.7. The average molecular weight is 394 g/mol. The first-order valence-corrected chi connectivity index (χ1v) is 10.3. The lowest BCUT2D eigenvalue weighted by Crippen LogP contribution is -2.40. The van der Waals surface area contributed by atoms with E-state index in [-0.39, 0.29) is 0 Å². The molecule has 0 saturated carbocycles. The summed E-state index contributed by atoms with van der Waals surface area (Å²) in [5, 5.41) is 13.1. The highest BCUT2D eigenvalue weighted by molar-refractivity contribution is 6.30. The Hall–Kier alpha value is -1.37. The van der Waals surface area contributed by atoms with Crippen LogP contribution in [0.25, 0.3) is 11.4 Å². The van der Waals surface area contributed by atoms with Crippen LogP contribution in [-0.4, -0.2) is 45.5 Å². The van der Waals surface area contributed by atoms with Gasteiger partial charge in [0.1, 0.15) is 22.8 Å². The lowest BCUT2D eigenvalue weighted by molar-refractivity contribution is 0.246. The first-order valence-electron chi connectivity index (χ1n) is 9.91. The first kappa shape index (κ1) is 20.4. The molecule has 150 valence electrons. The monoisotopic (exact) mass is 393 g/mol. The quantitative estimate of drug-likeness (QED) is 0.800. The van der Waals surface area contributed by atoms with E-state index in [9.17, 15) is 0 Å². The van der Waals surface area contributed by atoms with E-state index in [1.165, 1.54) is 25.7 Å². The Morgan fingerprint density at radius 1 is 1.33 bits per heavy atom. The van der Waals surface area contributed by atoms with Crippen LogP contribution in [0.2, 0.25) is 5.15 Å². The lowest BCUT2D eigenvalue weighted by atomic mass is 9.92. The summed E-state index contributed by atoms with van der Waals surface area (Å²) in [5.74, 6) is 0. The molecule has 27 heavy (non-hydrogen) atoms. The normalized spacial score (nSPS) is 19.4. The van der Waals surface area contributed by atoms with Gasteiger partial charge in [-0.05, 0) is 37.8 Å². The number of hydrogen-bond acceptors (Lipinski definition) is 5. The molecule has 1 atom stereocenters. The summed E-state index contributed by atoms with van der Waals surface area (Å²) in [5.41, 5.74) is 2.95. The van der Waals surface area contributed by atoms with E-state index < -0.39 is 0 Å². The Morgan fingerprint density at radius 3 is 2.85 bits per heavy atom. The maximum atomic E-state index is 6.56. The third-order valence-electron chi connectivity index (χ3n) is 5.19. The molecule has 0 spiro atoms. The lowest BCUT2D eigenvalue weighted by Gasteiger charge is -2.26. The Bertz CT molecular complexity index is 720. The van der Waals surface area contributed by atoms with Gasteiger partial charge in [-0.25, -0.2) is 0 Å². The van der Waals surface area contributed by atoms with Crippen LogP contribution in [0.15, 0.2) is 16.9 Å². The van der Waals surface area contributed by atoms with Gasteiger partial charge in [0.15, 0.2) is 0 Å². The molecule has 1 aliphatic heterocycles. The fraction of sp³-hybridized carbons (Fsp3) is 0.700. The number of aryl methyl sites for hydroxylation is 1. The number of halogens is 1. The highest BCUT2D eigenvalue weighted by Gasteiger charge is 2.24. The van der Waals surface area contributed by atoms with Crippen molar-refractivity contribution in [3.05, 3.63) is 23.0 Å². The van der Waals surface area contributed by atoms with Gasteiger partial charge >= 0.3 is 0 Å². The minimum Gasteiger partial charge on any atom is -0.364 e. The van der Waals surface area contributed by atoms with E-state index in [1.54, 1.807) is 10.9 Å². The van der Waals surface area contributed by atoms with Crippen LogP contribution >= 0.6 is 11.6 Å². The summed E-state index contributed by atoms with van der Waals surface area (Å²) in [7, 11) is 1.87. The molecular weight excluding hydrogens is 362 g/mol. The molecule has 2 aromatic rings. The van der Waals surface area contributed by atoms with Gasteiger partial charge in [0.25, 0.3) is 0 Å². The summed E-state index contributed by atoms with van der Waals surface area (Å²) in [4.78, 5) is 2.49. The molecule has 0 radical (unpaired) electrons. The van der Waals surface area contributed by atoms with Crippen molar-refractivity contribution >= 4 is 11.6 Å². The van der Waals surface area contributed by atoms with E-state index in [4.69, 9.17) is 16.1 Å². The predicted octanol–water partition coefficient (Wildman–Crippen LogP) is 4.11. The van der Waals surface area contributed by atoms with Crippen LogP contribution in [-0.2, 0) is 13.6 Å². The van der Waals surface area contributed by atoms with Crippen molar-refractivity contribution in [2.75, 3.05) is 19.6 Å². The molecular formula is C20H32ClN5O. The fourth-order valence-corrected chi connectivity index (χ4v) is 3.82. The molecule has 1 saturated heterocycles. The molecule has 3 heterocycles. The number of rotatable bonds is 6. The molecule has 2 aromatic heterocycles. The summed E-state index contributed by atoms with van der Waals surface area (Å²) >= 11 is 6.56. The molecule has 0 amide bonds. The maximum absolute atomic E-state index is 6.56. The molecule has 6 nitrogen and oxygen atoms in total. The molecule has 0 aromatic carbocycles. The Balaban J connectivity index is 1.68. The summed E-state index contributed by atoms with van der Waals surface area (Å²) in [6.07, 6.45) is 6.48. The van der Waals surface area contributed by atoms with Gasteiger partial charge in [-0.1, -0.05) is 43.9 Å². The zero-order chi connectivity index (χ0) is 19.4. The standard InChI is InChI=1S/C20H32ClN5O/c1-20(2,3)9-10-22-15-7-5-6-11-26(13-15)14-16-18(17-8-12-27-24-17)23-25(4)19(16)21/h8,12,15,22H,5-7,9-11,13-14H2,1-4H3. The van der Waals surface area contributed by atoms with E-state index in [2.05, 4.69) is 41.2 Å². The maximum Gasteiger partial charge on any atom is 0.134 e. The van der Waals surface area contributed by atoms with Crippen LogP contribution in [0, 0.1) is 5.41 Å². The molecule has 0 bridgehead atoms. The zero-order valence-electron chi connectivity index (χ0n) is 17.0. The van der Waals surface area contributed by atoms with E-state index in [1.807, 2.05) is 13.1 Å². The van der Waals surface area contributed by atoms with Crippen LogP contribution < -0.4 is 5.32 Å². The Kier molecular flexibility index (Phi) is 6.61. The van der Waals surface area contributed by atoms with E-state index in [0.29, 0.717) is 16.6 Å². The Labute approximate surface area is 167 Å². The van der Waals surface area contributed by atoms with Gasteiger partial charge in [-0.15, -0.1) is 0 Å². The van der Waals surface area contributed by atoms with Crippen molar-refractivity contribution in [3.8, 4) is 11.4 Å². The molecule has 1 unspecified atom stereocenters. The third kappa shape index (κ3) is 5.56. The van der Waals surface area contributed by atoms with Crippen molar-refractivity contribution in [3.63, 3.8) is 0 Å². The summed E-state index contributed by atoms with van der Waals surface area (Å²) < 4.78 is 6.73. The molecule has 1 aliphatic rings. The van der Waals surface area contributed by atoms with Gasteiger partial charge in [0.05, 0.1) is 0 Å². The largest absolute Gasteiger partial charge is 0.364 e. The van der Waals surface area contributed by atoms with Gasteiger partial charge in [0, 0.05) is 37.8 Å². The van der Waals surface area contributed by atoms with Gasteiger partial charge in [-0.2, -0.15) is 5.10 Å². The average Bonchev–Trinajstić information content (AvgIpc) is 3.14. The van der Waals surface area contributed by atoms with E-state index >= 15 is 0 Å². The summed E-state index contributed by atoms with van der Waals surface area (Å²) in [6, 6.07) is 2.36. The smallest absolute Gasteiger partial charge is 0.134 e. The second-order valence-electron chi connectivity index (χ2n) is 8.82. The van der Waals surface area contributed by atoms with Crippen LogP contribution in [0.1, 0.15) is 52.0 Å². The number of hydrogen-bond donors (Lipinski definition) is 1. The molecule has 0 aliphatic carbocycles. The van der Waals surface area contributed by atoms with Crippen molar-refractivity contribution in [2.24, 2.45) is 12.5 Å².